The van der Waals surface area contributed by atoms with Gasteiger partial charge in [0.05, 0.1) is 5.56 Å². The monoisotopic (exact) mass is 401 g/mol. The molecule has 1 atom stereocenters. The van der Waals surface area contributed by atoms with Gasteiger partial charge in [0.15, 0.2) is 12.7 Å². The highest BCUT2D eigenvalue weighted by Gasteiger charge is 2.30. The van der Waals surface area contributed by atoms with Gasteiger partial charge in [0.2, 0.25) is 0 Å². The van der Waals surface area contributed by atoms with Crippen molar-refractivity contribution in [2.24, 2.45) is 0 Å². The predicted molar refractivity (Wildman–Crippen MR) is 92.6 cm³/mol. The second-order valence-electron chi connectivity index (χ2n) is 5.45. The van der Waals surface area contributed by atoms with E-state index in [1.165, 1.54) is 13.0 Å². The number of hydrogen-bond donors (Lipinski definition) is 1. The number of nitrogens with one attached hydrogen (secondary N) is 1. The van der Waals surface area contributed by atoms with Crippen molar-refractivity contribution in [3.05, 3.63) is 59.1 Å². The maximum atomic E-state index is 12.6. The minimum atomic E-state index is -4.53. The summed E-state index contributed by atoms with van der Waals surface area (Å²) in [5, 5.41) is 2.74. The van der Waals surface area contributed by atoms with Crippen LogP contribution in [0.4, 0.5) is 18.9 Å². The zero-order valence-corrected chi connectivity index (χ0v) is 14.8. The van der Waals surface area contributed by atoms with E-state index < -0.39 is 36.3 Å². The molecule has 0 aliphatic carbocycles. The summed E-state index contributed by atoms with van der Waals surface area (Å²) in [5.41, 5.74) is -0.960. The molecule has 0 aliphatic heterocycles. The molecule has 1 N–H and O–H groups in total. The molecule has 0 radical (unpaired) electrons. The highest BCUT2D eigenvalue weighted by atomic mass is 35.5. The smallest absolute Gasteiger partial charge is 0.416 e. The third kappa shape index (κ3) is 6.49. The Bertz CT molecular complexity index is 809. The van der Waals surface area contributed by atoms with E-state index >= 15 is 0 Å². The molecule has 0 heterocycles. The summed E-state index contributed by atoms with van der Waals surface area (Å²) in [6.45, 7) is 0.769. The van der Waals surface area contributed by atoms with Crippen molar-refractivity contribution >= 4 is 29.2 Å². The van der Waals surface area contributed by atoms with Crippen LogP contribution in [-0.2, 0) is 20.5 Å². The summed E-state index contributed by atoms with van der Waals surface area (Å²) in [6, 6.07) is 10.4. The number of benzene rings is 2. The predicted octanol–water partition coefficient (Wildman–Crippen LogP) is 4.31. The van der Waals surface area contributed by atoms with Crippen molar-refractivity contribution in [1.29, 1.82) is 0 Å². The molecule has 144 valence electrons. The SMILES string of the molecule is C[C@H](Oc1ccc(Cl)cc1)C(=O)OCC(=O)Nc1cccc(C(F)(F)F)c1. The molecule has 0 fully saturated rings. The van der Waals surface area contributed by atoms with Crippen LogP contribution in [0, 0.1) is 0 Å². The molecular weight excluding hydrogens is 387 g/mol. The van der Waals surface area contributed by atoms with E-state index in [-0.39, 0.29) is 5.69 Å². The van der Waals surface area contributed by atoms with Gasteiger partial charge in [-0.3, -0.25) is 4.79 Å². The zero-order chi connectivity index (χ0) is 20.0. The van der Waals surface area contributed by atoms with Gasteiger partial charge in [0.1, 0.15) is 5.75 Å². The Morgan fingerprint density at radius 1 is 1.15 bits per heavy atom. The van der Waals surface area contributed by atoms with E-state index in [4.69, 9.17) is 21.1 Å². The molecule has 5 nitrogen and oxygen atoms in total. The fraction of sp³-hybridized carbons (Fsp3) is 0.222. The van der Waals surface area contributed by atoms with Crippen LogP contribution in [0.3, 0.4) is 0 Å². The van der Waals surface area contributed by atoms with Crippen LogP contribution in [0.1, 0.15) is 12.5 Å². The number of alkyl halides is 3. The van der Waals surface area contributed by atoms with E-state index in [1.807, 2.05) is 0 Å². The number of rotatable bonds is 6. The van der Waals surface area contributed by atoms with Gasteiger partial charge < -0.3 is 14.8 Å². The Morgan fingerprint density at radius 3 is 2.44 bits per heavy atom. The number of amides is 1. The number of carbonyl (C=O) groups is 2. The molecule has 2 aromatic carbocycles. The second kappa shape index (κ2) is 8.77. The number of halogens is 4. The van der Waals surface area contributed by atoms with E-state index in [0.29, 0.717) is 10.8 Å². The molecule has 9 heteroatoms. The van der Waals surface area contributed by atoms with Crippen LogP contribution >= 0.6 is 11.6 Å². The first-order chi connectivity index (χ1) is 12.6. The zero-order valence-electron chi connectivity index (χ0n) is 14.0. The summed E-state index contributed by atoms with van der Waals surface area (Å²) in [5.74, 6) is -1.19. The van der Waals surface area contributed by atoms with Gasteiger partial charge in [0.25, 0.3) is 5.91 Å². The quantitative estimate of drug-likeness (QED) is 0.733. The van der Waals surface area contributed by atoms with Crippen molar-refractivity contribution in [2.45, 2.75) is 19.2 Å². The lowest BCUT2D eigenvalue weighted by Crippen LogP contribution is -2.29. The summed E-state index contributed by atoms with van der Waals surface area (Å²) < 4.78 is 48.1. The van der Waals surface area contributed by atoms with Crippen molar-refractivity contribution < 1.29 is 32.2 Å². The van der Waals surface area contributed by atoms with Gasteiger partial charge in [-0.1, -0.05) is 17.7 Å². The molecular formula is C18H15ClF3NO4. The average Bonchev–Trinajstić information content (AvgIpc) is 2.61. The van der Waals surface area contributed by atoms with Crippen molar-refractivity contribution in [2.75, 3.05) is 11.9 Å². The van der Waals surface area contributed by atoms with Crippen LogP contribution in [0.15, 0.2) is 48.5 Å². The van der Waals surface area contributed by atoms with E-state index in [1.54, 1.807) is 24.3 Å². The van der Waals surface area contributed by atoms with Crippen LogP contribution < -0.4 is 10.1 Å². The fourth-order valence-electron chi connectivity index (χ4n) is 1.99. The molecule has 0 saturated carbocycles. The molecule has 2 rings (SSSR count). The Morgan fingerprint density at radius 2 is 1.81 bits per heavy atom. The van der Waals surface area contributed by atoms with Crippen LogP contribution in [0.25, 0.3) is 0 Å². The minimum absolute atomic E-state index is 0.0589. The maximum Gasteiger partial charge on any atom is 0.416 e. The molecule has 27 heavy (non-hydrogen) atoms. The van der Waals surface area contributed by atoms with Crippen molar-refractivity contribution in [3.8, 4) is 5.75 Å². The lowest BCUT2D eigenvalue weighted by atomic mass is 10.2. The average molecular weight is 402 g/mol. The molecule has 0 saturated heterocycles. The summed E-state index contributed by atoms with van der Waals surface area (Å²) in [6.07, 6.45) is -5.52. The third-order valence-electron chi connectivity index (χ3n) is 3.28. The van der Waals surface area contributed by atoms with Gasteiger partial charge in [-0.25, -0.2) is 4.79 Å². The molecule has 0 unspecified atom stereocenters. The number of anilines is 1. The largest absolute Gasteiger partial charge is 0.479 e. The molecule has 1 amide bonds. The molecule has 0 spiro atoms. The van der Waals surface area contributed by atoms with Crippen LogP contribution in [0.5, 0.6) is 5.75 Å². The van der Waals surface area contributed by atoms with Crippen molar-refractivity contribution in [3.63, 3.8) is 0 Å². The topological polar surface area (TPSA) is 64.6 Å². The Kier molecular flexibility index (Phi) is 6.68. The Labute approximate surface area is 158 Å². The fourth-order valence-corrected chi connectivity index (χ4v) is 2.12. The highest BCUT2D eigenvalue weighted by molar-refractivity contribution is 6.30. The van der Waals surface area contributed by atoms with Crippen molar-refractivity contribution in [1.82, 2.24) is 0 Å². The van der Waals surface area contributed by atoms with Crippen LogP contribution in [-0.4, -0.2) is 24.6 Å². The second-order valence-corrected chi connectivity index (χ2v) is 5.88. The number of esters is 1. The maximum absolute atomic E-state index is 12.6. The Hall–Kier alpha value is -2.74. The van der Waals surface area contributed by atoms with E-state index in [9.17, 15) is 22.8 Å². The molecule has 0 bridgehead atoms. The van der Waals surface area contributed by atoms with E-state index in [2.05, 4.69) is 5.32 Å². The van der Waals surface area contributed by atoms with Gasteiger partial charge >= 0.3 is 12.1 Å². The van der Waals surface area contributed by atoms with Gasteiger partial charge in [-0.05, 0) is 49.4 Å². The summed E-state index contributed by atoms with van der Waals surface area (Å²) in [7, 11) is 0. The third-order valence-corrected chi connectivity index (χ3v) is 3.53. The first-order valence-electron chi connectivity index (χ1n) is 7.71. The molecule has 2 aromatic rings. The molecule has 0 aromatic heterocycles. The summed E-state index contributed by atoms with van der Waals surface area (Å²) in [4.78, 5) is 23.6. The summed E-state index contributed by atoms with van der Waals surface area (Å²) >= 11 is 5.74. The minimum Gasteiger partial charge on any atom is -0.479 e. The number of ether oxygens (including phenoxy) is 2. The van der Waals surface area contributed by atoms with Crippen LogP contribution in [0.2, 0.25) is 5.02 Å². The first kappa shape index (κ1) is 20.6. The number of hydrogen-bond acceptors (Lipinski definition) is 4. The highest BCUT2D eigenvalue weighted by Crippen LogP contribution is 2.30. The molecule has 0 aliphatic rings. The lowest BCUT2D eigenvalue weighted by molar-refractivity contribution is -0.153. The normalized spacial score (nSPS) is 12.2. The number of carbonyl (C=O) groups excluding carboxylic acids is 2. The first-order valence-corrected chi connectivity index (χ1v) is 8.09. The Balaban J connectivity index is 1.84. The van der Waals surface area contributed by atoms with Gasteiger partial charge in [-0.2, -0.15) is 13.2 Å². The van der Waals surface area contributed by atoms with Gasteiger partial charge in [0, 0.05) is 10.7 Å². The lowest BCUT2D eigenvalue weighted by Gasteiger charge is -2.14. The van der Waals surface area contributed by atoms with Gasteiger partial charge in [-0.15, -0.1) is 0 Å². The standard InChI is InChI=1S/C18H15ClF3NO4/c1-11(27-15-7-5-13(19)6-8-15)17(25)26-10-16(24)23-14-4-2-3-12(9-14)18(20,21)22/h2-9,11H,10H2,1H3,(H,23,24)/t11-/m0/s1. The van der Waals surface area contributed by atoms with E-state index in [0.717, 1.165) is 18.2 Å².